The maximum Gasteiger partial charge on any atom is 0.407 e. The third-order valence-electron chi connectivity index (χ3n) is 7.35. The van der Waals surface area contributed by atoms with Gasteiger partial charge in [-0.25, -0.2) is 4.79 Å². The maximum absolute atomic E-state index is 12.3. The smallest absolute Gasteiger partial charge is 0.407 e. The lowest BCUT2D eigenvalue weighted by atomic mass is 9.98. The van der Waals surface area contributed by atoms with Crippen LogP contribution in [0.2, 0.25) is 0 Å². The third kappa shape index (κ3) is 10.6. The summed E-state index contributed by atoms with van der Waals surface area (Å²) in [4.78, 5) is 24.3. The van der Waals surface area contributed by atoms with Crippen LogP contribution in [0.4, 0.5) is 4.79 Å². The molecule has 0 aliphatic heterocycles. The standard InChI is InChI=1S/C33H48N2O5/c1-3-38-32(39-4-2)22-24-34-31(36)21-11-9-7-5-6-8-10-16-23-35-33(37)40-25-30-28-19-14-12-17-26(28)27-18-13-15-20-29(27)30/h12-15,17-20,30,32H,3-11,16,21-25H2,1-2H3,(H,34,36)(H,35,37). The highest BCUT2D eigenvalue weighted by Gasteiger charge is 2.28. The molecule has 0 heterocycles. The van der Waals surface area contributed by atoms with Gasteiger partial charge in [-0.2, -0.15) is 0 Å². The highest BCUT2D eigenvalue weighted by molar-refractivity contribution is 5.79. The van der Waals surface area contributed by atoms with Gasteiger partial charge in [0.15, 0.2) is 6.29 Å². The van der Waals surface area contributed by atoms with Crippen LogP contribution in [-0.4, -0.2) is 51.2 Å². The highest BCUT2D eigenvalue weighted by atomic mass is 16.7. The normalized spacial score (nSPS) is 12.3. The Morgan fingerprint density at radius 2 is 1.27 bits per heavy atom. The quantitative estimate of drug-likeness (QED) is 0.137. The molecule has 0 saturated carbocycles. The van der Waals surface area contributed by atoms with Gasteiger partial charge in [-0.3, -0.25) is 4.79 Å². The Morgan fingerprint density at radius 3 is 1.88 bits per heavy atom. The molecule has 0 saturated heterocycles. The maximum atomic E-state index is 12.3. The molecule has 7 heteroatoms. The van der Waals surface area contributed by atoms with Crippen LogP contribution in [0.3, 0.4) is 0 Å². The topological polar surface area (TPSA) is 85.9 Å². The Balaban J connectivity index is 1.14. The number of rotatable bonds is 20. The first-order chi connectivity index (χ1) is 19.6. The Labute approximate surface area is 240 Å². The Bertz CT molecular complexity index is 976. The summed E-state index contributed by atoms with van der Waals surface area (Å²) in [6.07, 6.45) is 9.43. The van der Waals surface area contributed by atoms with Crippen molar-refractivity contribution in [3.05, 3.63) is 59.7 Å². The monoisotopic (exact) mass is 552 g/mol. The van der Waals surface area contributed by atoms with Crippen molar-refractivity contribution in [3.8, 4) is 11.1 Å². The first kappa shape index (κ1) is 31.6. The van der Waals surface area contributed by atoms with Crippen molar-refractivity contribution in [1.82, 2.24) is 10.6 Å². The van der Waals surface area contributed by atoms with Crippen LogP contribution in [0.15, 0.2) is 48.5 Å². The van der Waals surface area contributed by atoms with E-state index in [2.05, 4.69) is 47.0 Å². The van der Waals surface area contributed by atoms with E-state index in [1.807, 2.05) is 26.0 Å². The van der Waals surface area contributed by atoms with Crippen molar-refractivity contribution >= 4 is 12.0 Å². The van der Waals surface area contributed by atoms with Gasteiger partial charge in [0.2, 0.25) is 5.91 Å². The van der Waals surface area contributed by atoms with E-state index in [-0.39, 0.29) is 24.2 Å². The molecule has 2 N–H and O–H groups in total. The Kier molecular flexibility index (Phi) is 14.6. The van der Waals surface area contributed by atoms with Crippen LogP contribution in [-0.2, 0) is 19.0 Å². The summed E-state index contributed by atoms with van der Waals surface area (Å²) in [6, 6.07) is 16.7. The van der Waals surface area contributed by atoms with Crippen LogP contribution in [0, 0.1) is 0 Å². The average molecular weight is 553 g/mol. The summed E-state index contributed by atoms with van der Waals surface area (Å²) < 4.78 is 16.6. The molecule has 220 valence electrons. The second-order valence-electron chi connectivity index (χ2n) is 10.3. The molecule has 0 spiro atoms. The van der Waals surface area contributed by atoms with Crippen LogP contribution in [0.25, 0.3) is 11.1 Å². The summed E-state index contributed by atoms with van der Waals surface area (Å²) in [5, 5.41) is 5.86. The molecular weight excluding hydrogens is 504 g/mol. The van der Waals surface area contributed by atoms with Gasteiger partial charge >= 0.3 is 6.09 Å². The zero-order chi connectivity index (χ0) is 28.4. The summed E-state index contributed by atoms with van der Waals surface area (Å²) in [6.45, 7) is 6.67. The predicted octanol–water partition coefficient (Wildman–Crippen LogP) is 6.94. The molecule has 0 unspecified atom stereocenters. The molecule has 7 nitrogen and oxygen atoms in total. The second-order valence-corrected chi connectivity index (χ2v) is 10.3. The minimum absolute atomic E-state index is 0.0894. The van der Waals surface area contributed by atoms with E-state index in [1.165, 1.54) is 35.1 Å². The first-order valence-corrected chi connectivity index (χ1v) is 15.2. The number of amides is 2. The first-order valence-electron chi connectivity index (χ1n) is 15.2. The van der Waals surface area contributed by atoms with Gasteiger partial charge in [-0.05, 0) is 48.9 Å². The number of unbranched alkanes of at least 4 members (excludes halogenated alkanes) is 7. The fourth-order valence-corrected chi connectivity index (χ4v) is 5.32. The number of carbonyl (C=O) groups excluding carboxylic acids is 2. The number of fused-ring (bicyclic) bond motifs is 3. The summed E-state index contributed by atoms with van der Waals surface area (Å²) >= 11 is 0. The second kappa shape index (κ2) is 18.4. The van der Waals surface area contributed by atoms with Gasteiger partial charge in [0.25, 0.3) is 0 Å². The Hall–Kier alpha value is -2.90. The largest absolute Gasteiger partial charge is 0.449 e. The van der Waals surface area contributed by atoms with Crippen LogP contribution >= 0.6 is 0 Å². The number of hydrogen-bond acceptors (Lipinski definition) is 5. The van der Waals surface area contributed by atoms with Gasteiger partial charge in [0.05, 0.1) is 0 Å². The molecule has 0 bridgehead atoms. The lowest BCUT2D eigenvalue weighted by molar-refractivity contribution is -0.139. The number of nitrogens with one attached hydrogen (secondary N) is 2. The number of alkyl carbamates (subject to hydrolysis) is 1. The van der Waals surface area contributed by atoms with Gasteiger partial charge in [-0.1, -0.05) is 87.1 Å². The molecule has 2 amide bonds. The molecule has 2 aromatic carbocycles. The Morgan fingerprint density at radius 1 is 0.725 bits per heavy atom. The summed E-state index contributed by atoms with van der Waals surface area (Å²) in [7, 11) is 0. The van der Waals surface area contributed by atoms with Crippen molar-refractivity contribution in [2.45, 2.75) is 90.3 Å². The van der Waals surface area contributed by atoms with Gasteiger partial charge < -0.3 is 24.8 Å². The third-order valence-corrected chi connectivity index (χ3v) is 7.35. The van der Waals surface area contributed by atoms with E-state index < -0.39 is 0 Å². The van der Waals surface area contributed by atoms with Crippen molar-refractivity contribution in [1.29, 1.82) is 0 Å². The molecule has 0 radical (unpaired) electrons. The molecule has 0 aromatic heterocycles. The number of benzene rings is 2. The van der Waals surface area contributed by atoms with E-state index in [4.69, 9.17) is 14.2 Å². The van der Waals surface area contributed by atoms with Crippen molar-refractivity contribution in [2.75, 3.05) is 32.9 Å². The van der Waals surface area contributed by atoms with Gasteiger partial charge in [0.1, 0.15) is 6.61 Å². The van der Waals surface area contributed by atoms with E-state index in [0.29, 0.717) is 45.8 Å². The highest BCUT2D eigenvalue weighted by Crippen LogP contribution is 2.44. The van der Waals surface area contributed by atoms with Gasteiger partial charge in [-0.15, -0.1) is 0 Å². The van der Waals surface area contributed by atoms with Gasteiger partial charge in [0, 0.05) is 45.1 Å². The molecule has 1 aliphatic rings. The fourth-order valence-electron chi connectivity index (χ4n) is 5.32. The van der Waals surface area contributed by atoms with Crippen LogP contribution in [0.5, 0.6) is 0 Å². The van der Waals surface area contributed by atoms with Crippen molar-refractivity contribution in [2.24, 2.45) is 0 Å². The molecule has 0 atom stereocenters. The zero-order valence-corrected chi connectivity index (χ0v) is 24.4. The molecule has 3 rings (SSSR count). The lowest BCUT2D eigenvalue weighted by Gasteiger charge is -2.16. The van der Waals surface area contributed by atoms with Crippen LogP contribution < -0.4 is 10.6 Å². The molecule has 0 fully saturated rings. The van der Waals surface area contributed by atoms with Crippen LogP contribution in [0.1, 0.15) is 95.1 Å². The van der Waals surface area contributed by atoms with E-state index in [9.17, 15) is 9.59 Å². The summed E-state index contributed by atoms with van der Waals surface area (Å²) in [5.74, 6) is 0.197. The minimum atomic E-state index is -0.339. The van der Waals surface area contributed by atoms with E-state index >= 15 is 0 Å². The summed E-state index contributed by atoms with van der Waals surface area (Å²) in [5.41, 5.74) is 4.92. The zero-order valence-electron chi connectivity index (χ0n) is 24.4. The van der Waals surface area contributed by atoms with Crippen molar-refractivity contribution < 1.29 is 23.8 Å². The number of hydrogen-bond donors (Lipinski definition) is 2. The lowest BCUT2D eigenvalue weighted by Crippen LogP contribution is -2.29. The van der Waals surface area contributed by atoms with E-state index in [1.54, 1.807) is 0 Å². The molecule has 1 aliphatic carbocycles. The minimum Gasteiger partial charge on any atom is -0.449 e. The fraction of sp³-hybridized carbons (Fsp3) is 0.576. The molecule has 40 heavy (non-hydrogen) atoms. The predicted molar refractivity (Wildman–Crippen MR) is 159 cm³/mol. The molecular formula is C33H48N2O5. The van der Waals surface area contributed by atoms with E-state index in [0.717, 1.165) is 38.5 Å². The average Bonchev–Trinajstić information content (AvgIpc) is 3.28. The number of carbonyl (C=O) groups is 2. The number of ether oxygens (including phenoxy) is 3. The molecule has 2 aromatic rings. The SMILES string of the molecule is CCOC(CCNC(=O)CCCCCCCCCCNC(=O)OCC1c2ccccc2-c2ccccc21)OCC. The van der Waals surface area contributed by atoms with Crippen molar-refractivity contribution in [3.63, 3.8) is 0 Å².